The number of rotatable bonds is 0. The Balaban J connectivity index is 0.000000847. The van der Waals surface area contributed by atoms with Gasteiger partial charge in [-0.1, -0.05) is 0 Å². The first-order valence-electron chi connectivity index (χ1n) is 6.34. The van der Waals surface area contributed by atoms with Crippen LogP contribution < -0.4 is 0 Å². The summed E-state index contributed by atoms with van der Waals surface area (Å²) in [4.78, 5) is 24.7. The number of carbonyl (C=O) groups is 2. The minimum absolute atomic E-state index is 0.0648. The normalized spacial score (nSPS) is 12.1. The second-order valence-electron chi connectivity index (χ2n) is 4.75. The molecule has 114 valence electrons. The van der Waals surface area contributed by atoms with E-state index in [-0.39, 0.29) is 33.8 Å². The van der Waals surface area contributed by atoms with Gasteiger partial charge in [0.05, 0.1) is 11.1 Å². The lowest BCUT2D eigenvalue weighted by atomic mass is 9.82. The Morgan fingerprint density at radius 3 is 1.82 bits per heavy atom. The Hall–Kier alpha value is -2.86. The number of phenolic OH excluding ortho intramolecular Hbond substituents is 3. The number of fused-ring (bicyclic) bond motifs is 2. The number of ketones is 2. The van der Waals surface area contributed by atoms with Crippen LogP contribution in [-0.4, -0.2) is 39.1 Å². The molecule has 2 aromatic carbocycles. The van der Waals surface area contributed by atoms with Gasteiger partial charge in [0, 0.05) is 24.3 Å². The van der Waals surface area contributed by atoms with Gasteiger partial charge in [-0.25, -0.2) is 0 Å². The van der Waals surface area contributed by atoms with Gasteiger partial charge in [0.2, 0.25) is 5.78 Å². The third kappa shape index (κ3) is 2.19. The van der Waals surface area contributed by atoms with Gasteiger partial charge >= 0.3 is 0 Å². The van der Waals surface area contributed by atoms with Crippen molar-refractivity contribution in [2.75, 3.05) is 7.11 Å². The molecule has 1 aliphatic rings. The quantitative estimate of drug-likeness (QED) is 0.500. The summed E-state index contributed by atoms with van der Waals surface area (Å²) in [6, 6.07) is 5.00. The third-order valence-corrected chi connectivity index (χ3v) is 3.31. The number of carbonyl (C=O) groups excluding carboxylic acids is 2. The van der Waals surface area contributed by atoms with Gasteiger partial charge in [0.1, 0.15) is 17.2 Å². The average Bonchev–Trinajstić information content (AvgIpc) is 2.45. The maximum atomic E-state index is 12.4. The number of phenols is 3. The smallest absolute Gasteiger partial charge is 0.201 e. The molecular weight excluding hydrogens is 288 g/mol. The van der Waals surface area contributed by atoms with Crippen molar-refractivity contribution >= 4 is 11.6 Å². The monoisotopic (exact) mass is 302 g/mol. The van der Waals surface area contributed by atoms with Gasteiger partial charge < -0.3 is 20.4 Å². The van der Waals surface area contributed by atoms with Gasteiger partial charge in [0.25, 0.3) is 0 Å². The minimum Gasteiger partial charge on any atom is -0.508 e. The van der Waals surface area contributed by atoms with Crippen LogP contribution in [0, 0.1) is 6.92 Å². The Kier molecular flexibility index (Phi) is 3.88. The lowest BCUT2D eigenvalue weighted by Crippen LogP contribution is -2.21. The highest BCUT2D eigenvalue weighted by Gasteiger charge is 2.34. The van der Waals surface area contributed by atoms with Gasteiger partial charge in [0.15, 0.2) is 5.78 Å². The van der Waals surface area contributed by atoms with E-state index in [0.717, 1.165) is 19.2 Å². The van der Waals surface area contributed by atoms with Gasteiger partial charge in [-0.05, 0) is 30.7 Å². The van der Waals surface area contributed by atoms with Crippen molar-refractivity contribution in [3.63, 3.8) is 0 Å². The third-order valence-electron chi connectivity index (χ3n) is 3.31. The van der Waals surface area contributed by atoms with E-state index in [1.54, 1.807) is 6.92 Å². The molecule has 2 aromatic rings. The molecule has 0 saturated heterocycles. The molecule has 0 spiro atoms. The Labute approximate surface area is 125 Å². The predicted octanol–water partition coefficient (Wildman–Crippen LogP) is 1.50. The number of aliphatic hydroxyl groups excluding tert-OH is 1. The Morgan fingerprint density at radius 1 is 0.727 bits per heavy atom. The van der Waals surface area contributed by atoms with E-state index in [2.05, 4.69) is 0 Å². The van der Waals surface area contributed by atoms with Gasteiger partial charge in [-0.2, -0.15) is 0 Å². The van der Waals surface area contributed by atoms with Gasteiger partial charge in [-0.3, -0.25) is 9.59 Å². The number of benzene rings is 2. The first-order chi connectivity index (χ1) is 10.4. The topological polar surface area (TPSA) is 115 Å². The molecule has 0 aromatic heterocycles. The molecule has 0 aliphatic heterocycles. The molecule has 0 radical (unpaired) electrons. The molecule has 1 aliphatic carbocycles. The van der Waals surface area contributed by atoms with Crippen molar-refractivity contribution in [1.29, 1.82) is 0 Å². The van der Waals surface area contributed by atoms with Crippen LogP contribution >= 0.6 is 0 Å². The second-order valence-corrected chi connectivity index (χ2v) is 4.75. The summed E-state index contributed by atoms with van der Waals surface area (Å²) >= 11 is 0. The zero-order chi connectivity index (χ0) is 16.6. The minimum atomic E-state index is -0.635. The number of hydrogen-bond donors (Lipinski definition) is 4. The first-order valence-corrected chi connectivity index (χ1v) is 6.34. The van der Waals surface area contributed by atoms with E-state index < -0.39 is 17.3 Å². The summed E-state index contributed by atoms with van der Waals surface area (Å²) in [6.45, 7) is 1.69. The summed E-state index contributed by atoms with van der Waals surface area (Å²) < 4.78 is 0. The maximum Gasteiger partial charge on any atom is 0.201 e. The van der Waals surface area contributed by atoms with E-state index in [1.165, 1.54) is 12.1 Å². The zero-order valence-electron chi connectivity index (χ0n) is 11.9. The van der Waals surface area contributed by atoms with Crippen LogP contribution in [0.15, 0.2) is 24.3 Å². The fourth-order valence-corrected chi connectivity index (χ4v) is 2.48. The van der Waals surface area contributed by atoms with E-state index >= 15 is 0 Å². The lowest BCUT2D eigenvalue weighted by Gasteiger charge is -2.19. The molecule has 0 heterocycles. The van der Waals surface area contributed by atoms with Crippen LogP contribution in [-0.2, 0) is 0 Å². The molecule has 6 nitrogen and oxygen atoms in total. The molecule has 0 unspecified atom stereocenters. The van der Waals surface area contributed by atoms with E-state index in [0.29, 0.717) is 5.56 Å². The van der Waals surface area contributed by atoms with Crippen molar-refractivity contribution in [3.05, 3.63) is 52.1 Å². The van der Waals surface area contributed by atoms with Crippen molar-refractivity contribution in [2.45, 2.75) is 6.92 Å². The van der Waals surface area contributed by atoms with Crippen LogP contribution in [0.5, 0.6) is 17.2 Å². The van der Waals surface area contributed by atoms with E-state index in [4.69, 9.17) is 5.11 Å². The molecule has 3 rings (SSSR count). The number of hydrogen-bond acceptors (Lipinski definition) is 6. The molecule has 0 fully saturated rings. The van der Waals surface area contributed by atoms with Crippen LogP contribution in [0.25, 0.3) is 0 Å². The molecule has 0 bridgehead atoms. The molecule has 22 heavy (non-hydrogen) atoms. The van der Waals surface area contributed by atoms with Crippen molar-refractivity contribution in [2.24, 2.45) is 0 Å². The summed E-state index contributed by atoms with van der Waals surface area (Å²) in [6.07, 6.45) is 0. The molecule has 6 heteroatoms. The summed E-state index contributed by atoms with van der Waals surface area (Å²) in [5.41, 5.74) is 0.332. The molecular formula is C16H14O6. The van der Waals surface area contributed by atoms with Crippen LogP contribution in [0.1, 0.15) is 37.4 Å². The molecule has 0 amide bonds. The van der Waals surface area contributed by atoms with Crippen molar-refractivity contribution in [3.8, 4) is 17.2 Å². The largest absolute Gasteiger partial charge is 0.508 e. The first kappa shape index (κ1) is 15.5. The summed E-state index contributed by atoms with van der Waals surface area (Å²) in [5.74, 6) is -2.23. The fraction of sp³-hybridized carbons (Fsp3) is 0.125. The molecule has 0 saturated carbocycles. The van der Waals surface area contributed by atoms with Crippen LogP contribution in [0.2, 0.25) is 0 Å². The van der Waals surface area contributed by atoms with Crippen LogP contribution in [0.4, 0.5) is 0 Å². The number of aromatic hydroxyl groups is 3. The lowest BCUT2D eigenvalue weighted by molar-refractivity contribution is 0.0974. The summed E-state index contributed by atoms with van der Waals surface area (Å²) in [7, 11) is 1.00. The SMILES string of the molecule is CO.Cc1cc(O)c2c(c1)C(=O)c1cc(O)cc(O)c1C2=O. The highest BCUT2D eigenvalue weighted by atomic mass is 16.3. The fourth-order valence-electron chi connectivity index (χ4n) is 2.48. The average molecular weight is 302 g/mol. The number of aryl methyl sites for hydroxylation is 1. The standard InChI is InChI=1S/C15H10O5.CH4O/c1-6-2-8-12(10(17)3-6)15(20)13-9(14(8)19)4-7(16)5-11(13)18;1-2/h2-5,16-18H,1H3;2H,1H3. The highest BCUT2D eigenvalue weighted by Crippen LogP contribution is 2.38. The maximum absolute atomic E-state index is 12.4. The van der Waals surface area contributed by atoms with E-state index in [9.17, 15) is 24.9 Å². The number of aliphatic hydroxyl groups is 1. The van der Waals surface area contributed by atoms with Gasteiger partial charge in [-0.15, -0.1) is 0 Å². The summed E-state index contributed by atoms with van der Waals surface area (Å²) in [5, 5.41) is 36.1. The molecule has 4 N–H and O–H groups in total. The van der Waals surface area contributed by atoms with E-state index in [1.807, 2.05) is 0 Å². The predicted molar refractivity (Wildman–Crippen MR) is 77.6 cm³/mol. The zero-order valence-corrected chi connectivity index (χ0v) is 11.9. The Morgan fingerprint density at radius 2 is 1.23 bits per heavy atom. The van der Waals surface area contributed by atoms with Crippen LogP contribution in [0.3, 0.4) is 0 Å². The van der Waals surface area contributed by atoms with Crippen molar-refractivity contribution in [1.82, 2.24) is 0 Å². The second kappa shape index (κ2) is 5.50. The highest BCUT2D eigenvalue weighted by molar-refractivity contribution is 6.30. The molecule has 0 atom stereocenters. The van der Waals surface area contributed by atoms with Crippen molar-refractivity contribution < 1.29 is 30.0 Å². The Bertz CT molecular complexity index is 728.